The number of nitrogens with zero attached hydrogens (tertiary/aromatic N) is 2. The summed E-state index contributed by atoms with van der Waals surface area (Å²) < 4.78 is 0. The van der Waals surface area contributed by atoms with Gasteiger partial charge >= 0.3 is 0 Å². The van der Waals surface area contributed by atoms with E-state index in [-0.39, 0.29) is 0 Å². The van der Waals surface area contributed by atoms with Gasteiger partial charge in [0.05, 0.1) is 0 Å². The lowest BCUT2D eigenvalue weighted by Gasteiger charge is -2.24. The fourth-order valence-electron chi connectivity index (χ4n) is 1.73. The summed E-state index contributed by atoms with van der Waals surface area (Å²) in [7, 11) is 0. The fourth-order valence-corrected chi connectivity index (χ4v) is 1.73. The van der Waals surface area contributed by atoms with Gasteiger partial charge in [0.2, 0.25) is 0 Å². The topological polar surface area (TPSA) is 17.3 Å². The minimum Gasteiger partial charge on any atom is -0.297 e. The van der Waals surface area contributed by atoms with Crippen LogP contribution >= 0.6 is 0 Å². The summed E-state index contributed by atoms with van der Waals surface area (Å²) in [5, 5.41) is 4.33. The van der Waals surface area contributed by atoms with Gasteiger partial charge in [-0.3, -0.25) is 4.90 Å². The maximum atomic E-state index is 4.33. The van der Waals surface area contributed by atoms with Crippen LogP contribution in [-0.2, 0) is 0 Å². The van der Waals surface area contributed by atoms with E-state index in [2.05, 4.69) is 46.6 Å². The molecule has 1 saturated heterocycles. The number of rotatable bonds is 3. The van der Waals surface area contributed by atoms with Crippen molar-refractivity contribution >= 4 is 6.08 Å². The lowest BCUT2D eigenvalue weighted by molar-refractivity contribution is 0.262. The Morgan fingerprint density at radius 1 is 1.13 bits per heavy atom. The van der Waals surface area contributed by atoms with E-state index in [1.165, 1.54) is 5.56 Å². The molecule has 2 nitrogen and oxygen atoms in total. The van der Waals surface area contributed by atoms with Crippen molar-refractivity contribution in [3.63, 3.8) is 0 Å². The van der Waals surface area contributed by atoms with Gasteiger partial charge < -0.3 is 0 Å². The third kappa shape index (κ3) is 3.50. The number of hydrogen-bond acceptors (Lipinski definition) is 1. The molecular weight excluding hydrogens is 184 g/mol. The zero-order valence-corrected chi connectivity index (χ0v) is 8.97. The Morgan fingerprint density at radius 3 is 2.60 bits per heavy atom. The first-order chi connectivity index (χ1) is 7.45. The van der Waals surface area contributed by atoms with E-state index < -0.39 is 0 Å². The largest absolute Gasteiger partial charge is 0.297 e. The van der Waals surface area contributed by atoms with Crippen molar-refractivity contribution in [3.05, 3.63) is 42.0 Å². The second kappa shape index (κ2) is 5.69. The second-order valence-corrected chi connectivity index (χ2v) is 3.78. The van der Waals surface area contributed by atoms with E-state index in [4.69, 9.17) is 0 Å². The molecule has 2 rings (SSSR count). The van der Waals surface area contributed by atoms with Gasteiger partial charge in [-0.15, -0.1) is 0 Å². The second-order valence-electron chi connectivity index (χ2n) is 3.78. The molecule has 79 valence electrons. The van der Waals surface area contributed by atoms with E-state index in [1.54, 1.807) is 0 Å². The van der Waals surface area contributed by atoms with Crippen molar-refractivity contribution in [1.82, 2.24) is 10.2 Å². The lowest BCUT2D eigenvalue weighted by Crippen LogP contribution is -2.40. The molecule has 1 aliphatic rings. The molecule has 0 bridgehead atoms. The predicted molar refractivity (Wildman–Crippen MR) is 63.8 cm³/mol. The SMILES string of the molecule is C(=C\c1ccccc1)/CN1CC[N]CC1. The van der Waals surface area contributed by atoms with Crippen LogP contribution in [0.15, 0.2) is 36.4 Å². The van der Waals surface area contributed by atoms with Gasteiger partial charge in [-0.25, -0.2) is 5.32 Å². The molecule has 1 aliphatic heterocycles. The third-order valence-electron chi connectivity index (χ3n) is 2.62. The monoisotopic (exact) mass is 201 g/mol. The summed E-state index contributed by atoms with van der Waals surface area (Å²) in [6, 6.07) is 10.4. The van der Waals surface area contributed by atoms with Crippen molar-refractivity contribution in [2.75, 3.05) is 32.7 Å². The van der Waals surface area contributed by atoms with E-state index in [0.717, 1.165) is 32.7 Å². The average Bonchev–Trinajstić information content (AvgIpc) is 2.32. The Labute approximate surface area is 91.6 Å². The van der Waals surface area contributed by atoms with Gasteiger partial charge in [0.1, 0.15) is 0 Å². The molecule has 0 amide bonds. The third-order valence-corrected chi connectivity index (χ3v) is 2.62. The normalized spacial score (nSPS) is 18.4. The molecule has 0 aliphatic carbocycles. The number of piperazine rings is 1. The van der Waals surface area contributed by atoms with Crippen molar-refractivity contribution in [1.29, 1.82) is 0 Å². The van der Waals surface area contributed by atoms with Crippen LogP contribution in [-0.4, -0.2) is 37.6 Å². The van der Waals surface area contributed by atoms with Crippen LogP contribution < -0.4 is 5.32 Å². The van der Waals surface area contributed by atoms with E-state index >= 15 is 0 Å². The van der Waals surface area contributed by atoms with E-state index in [1.807, 2.05) is 6.07 Å². The molecule has 15 heavy (non-hydrogen) atoms. The molecule has 0 atom stereocenters. The zero-order chi connectivity index (χ0) is 10.3. The fraction of sp³-hybridized carbons (Fsp3) is 0.385. The Kier molecular flexibility index (Phi) is 3.94. The Morgan fingerprint density at radius 2 is 1.87 bits per heavy atom. The Hall–Kier alpha value is -1.12. The van der Waals surface area contributed by atoms with Crippen LogP contribution in [0.4, 0.5) is 0 Å². The van der Waals surface area contributed by atoms with Crippen LogP contribution in [0.25, 0.3) is 6.08 Å². The van der Waals surface area contributed by atoms with Crippen LogP contribution in [0.3, 0.4) is 0 Å². The first-order valence-electron chi connectivity index (χ1n) is 5.52. The van der Waals surface area contributed by atoms with Crippen LogP contribution in [0.1, 0.15) is 5.56 Å². The number of hydrogen-bond donors (Lipinski definition) is 0. The molecule has 1 aromatic carbocycles. The highest BCUT2D eigenvalue weighted by Gasteiger charge is 2.07. The Bertz CT molecular complexity index is 300. The maximum absolute atomic E-state index is 4.33. The standard InChI is InChI=1S/C13H17N2/c1-2-5-13(6-3-1)7-4-10-15-11-8-14-9-12-15/h1-7H,8-12H2/b7-4+. The molecule has 1 aromatic rings. The number of benzene rings is 1. The predicted octanol–water partition coefficient (Wildman–Crippen LogP) is 1.62. The van der Waals surface area contributed by atoms with Gasteiger partial charge in [0, 0.05) is 32.7 Å². The van der Waals surface area contributed by atoms with Gasteiger partial charge in [-0.1, -0.05) is 42.5 Å². The molecule has 1 heterocycles. The average molecular weight is 201 g/mol. The molecule has 2 heteroatoms. The van der Waals surface area contributed by atoms with Crippen LogP contribution in [0, 0.1) is 0 Å². The van der Waals surface area contributed by atoms with Crippen molar-refractivity contribution in [2.45, 2.75) is 0 Å². The highest BCUT2D eigenvalue weighted by atomic mass is 15.2. The van der Waals surface area contributed by atoms with Crippen molar-refractivity contribution in [3.8, 4) is 0 Å². The molecule has 0 spiro atoms. The molecule has 1 radical (unpaired) electrons. The molecule has 0 unspecified atom stereocenters. The first-order valence-corrected chi connectivity index (χ1v) is 5.52. The lowest BCUT2D eigenvalue weighted by atomic mass is 10.2. The molecule has 0 saturated carbocycles. The summed E-state index contributed by atoms with van der Waals surface area (Å²) in [5.41, 5.74) is 1.28. The summed E-state index contributed by atoms with van der Waals surface area (Å²) in [4.78, 5) is 2.44. The zero-order valence-electron chi connectivity index (χ0n) is 8.97. The van der Waals surface area contributed by atoms with Gasteiger partial charge in [-0.05, 0) is 5.56 Å². The highest BCUT2D eigenvalue weighted by Crippen LogP contribution is 2.01. The van der Waals surface area contributed by atoms with E-state index in [9.17, 15) is 0 Å². The summed E-state index contributed by atoms with van der Waals surface area (Å²) >= 11 is 0. The molecule has 0 N–H and O–H groups in total. The molecule has 0 aromatic heterocycles. The Balaban J connectivity index is 1.79. The van der Waals surface area contributed by atoms with Crippen LogP contribution in [0.5, 0.6) is 0 Å². The van der Waals surface area contributed by atoms with Gasteiger partial charge in [0.15, 0.2) is 0 Å². The smallest absolute Gasteiger partial charge is 0.0261 e. The minimum absolute atomic E-state index is 0.999. The van der Waals surface area contributed by atoms with Crippen molar-refractivity contribution < 1.29 is 0 Å². The summed E-state index contributed by atoms with van der Waals surface area (Å²) in [5.74, 6) is 0. The van der Waals surface area contributed by atoms with Crippen LogP contribution in [0.2, 0.25) is 0 Å². The highest BCUT2D eigenvalue weighted by molar-refractivity contribution is 5.48. The maximum Gasteiger partial charge on any atom is 0.0261 e. The van der Waals surface area contributed by atoms with Gasteiger partial charge in [0.25, 0.3) is 0 Å². The minimum atomic E-state index is 0.999. The van der Waals surface area contributed by atoms with E-state index in [0.29, 0.717) is 0 Å². The quantitative estimate of drug-likeness (QED) is 0.726. The summed E-state index contributed by atoms with van der Waals surface area (Å²) in [6.45, 7) is 5.26. The summed E-state index contributed by atoms with van der Waals surface area (Å²) in [6.07, 6.45) is 4.42. The molecular formula is C13H17N2. The molecule has 1 fully saturated rings. The van der Waals surface area contributed by atoms with Crippen molar-refractivity contribution in [2.24, 2.45) is 0 Å². The van der Waals surface area contributed by atoms with Gasteiger partial charge in [-0.2, -0.15) is 0 Å². The first kappa shape index (κ1) is 10.4.